The molecule has 0 bridgehead atoms. The van der Waals surface area contributed by atoms with E-state index in [1.807, 2.05) is 13.1 Å². The minimum atomic E-state index is 0.477. The Hall–Kier alpha value is -1.82. The first-order valence-electron chi connectivity index (χ1n) is 10.4. The number of hydrogen-bond acceptors (Lipinski definition) is 4. The van der Waals surface area contributed by atoms with Gasteiger partial charge in [-0.1, -0.05) is 12.8 Å². The fourth-order valence-electron chi connectivity index (χ4n) is 4.40. The molecule has 1 aliphatic carbocycles. The smallest absolute Gasteiger partial charge is 0.191 e. The van der Waals surface area contributed by atoms with Gasteiger partial charge in [-0.05, 0) is 40.0 Å². The van der Waals surface area contributed by atoms with Crippen molar-refractivity contribution >= 4 is 5.96 Å². The third-order valence-electron chi connectivity index (χ3n) is 5.88. The summed E-state index contributed by atoms with van der Waals surface area (Å²) in [5, 5.41) is 7.02. The average Bonchev–Trinajstić information content (AvgIpc) is 3.33. The van der Waals surface area contributed by atoms with Crippen molar-refractivity contribution in [2.75, 3.05) is 26.7 Å². The number of guanidine groups is 1. The van der Waals surface area contributed by atoms with Crippen molar-refractivity contribution in [1.29, 1.82) is 0 Å². The lowest BCUT2D eigenvalue weighted by molar-refractivity contribution is 0.242. The summed E-state index contributed by atoms with van der Waals surface area (Å²) >= 11 is 0. The molecule has 27 heavy (non-hydrogen) atoms. The zero-order valence-electron chi connectivity index (χ0n) is 17.3. The lowest BCUT2D eigenvalue weighted by Gasteiger charge is -2.24. The first-order valence-corrected chi connectivity index (χ1v) is 10.4. The zero-order chi connectivity index (χ0) is 19.2. The molecule has 1 unspecified atom stereocenters. The third-order valence-corrected chi connectivity index (χ3v) is 5.88. The Morgan fingerprint density at radius 3 is 2.78 bits per heavy atom. The standard InChI is InChI=1S/C21H35N5O/c1-5-22-21(24-13-19-16(3)20(27-4)15(2)12-23-19)25-17-10-11-26(14-17)18-8-6-7-9-18/h12,17-18H,5-11,13-14H2,1-4H3,(H2,22,24,25). The number of likely N-dealkylation sites (tertiary alicyclic amines) is 1. The van der Waals surface area contributed by atoms with Crippen LogP contribution in [0.5, 0.6) is 5.75 Å². The van der Waals surface area contributed by atoms with Crippen molar-refractivity contribution in [2.24, 2.45) is 4.99 Å². The molecule has 2 N–H and O–H groups in total. The number of methoxy groups -OCH3 is 1. The summed E-state index contributed by atoms with van der Waals surface area (Å²) in [6.07, 6.45) is 8.61. The van der Waals surface area contributed by atoms with E-state index < -0.39 is 0 Å². The number of rotatable bonds is 6. The van der Waals surface area contributed by atoms with Crippen molar-refractivity contribution in [2.45, 2.75) is 71.5 Å². The lowest BCUT2D eigenvalue weighted by atomic mass is 10.1. The molecule has 0 radical (unpaired) electrons. The van der Waals surface area contributed by atoms with Gasteiger partial charge in [0, 0.05) is 49.0 Å². The van der Waals surface area contributed by atoms with Gasteiger partial charge in [-0.2, -0.15) is 0 Å². The van der Waals surface area contributed by atoms with E-state index in [9.17, 15) is 0 Å². The molecule has 1 aromatic rings. The first-order chi connectivity index (χ1) is 13.1. The van der Waals surface area contributed by atoms with Crippen LogP contribution in [0.25, 0.3) is 0 Å². The molecule has 3 rings (SSSR count). The molecule has 0 aromatic carbocycles. The number of nitrogens with one attached hydrogen (secondary N) is 2. The van der Waals surface area contributed by atoms with E-state index in [1.54, 1.807) is 7.11 Å². The fraction of sp³-hybridized carbons (Fsp3) is 0.714. The highest BCUT2D eigenvalue weighted by Crippen LogP contribution is 2.27. The molecule has 1 atom stereocenters. The average molecular weight is 374 g/mol. The van der Waals surface area contributed by atoms with Crippen LogP contribution in [0, 0.1) is 13.8 Å². The molecule has 0 amide bonds. The second-order valence-corrected chi connectivity index (χ2v) is 7.80. The Morgan fingerprint density at radius 2 is 2.07 bits per heavy atom. The van der Waals surface area contributed by atoms with Crippen LogP contribution in [0.3, 0.4) is 0 Å². The second kappa shape index (κ2) is 9.40. The predicted octanol–water partition coefficient (Wildman–Crippen LogP) is 2.78. The van der Waals surface area contributed by atoms with Gasteiger partial charge in [0.2, 0.25) is 0 Å². The zero-order valence-corrected chi connectivity index (χ0v) is 17.3. The number of aromatic nitrogens is 1. The van der Waals surface area contributed by atoms with E-state index in [0.29, 0.717) is 12.6 Å². The molecule has 2 fully saturated rings. The van der Waals surface area contributed by atoms with Gasteiger partial charge in [-0.25, -0.2) is 4.99 Å². The molecule has 2 aliphatic rings. The first kappa shape index (κ1) is 19.9. The Bertz CT molecular complexity index is 654. The van der Waals surface area contributed by atoms with E-state index in [4.69, 9.17) is 9.73 Å². The number of hydrogen-bond donors (Lipinski definition) is 2. The highest BCUT2D eigenvalue weighted by Gasteiger charge is 2.30. The quantitative estimate of drug-likeness (QED) is 0.593. The molecular formula is C21H35N5O. The SMILES string of the molecule is CCNC(=NCc1ncc(C)c(OC)c1C)NC1CCN(C2CCCC2)C1. The molecular weight excluding hydrogens is 338 g/mol. The van der Waals surface area contributed by atoms with Gasteiger partial charge < -0.3 is 15.4 Å². The summed E-state index contributed by atoms with van der Waals surface area (Å²) in [5.74, 6) is 1.80. The van der Waals surface area contributed by atoms with E-state index in [0.717, 1.165) is 47.7 Å². The van der Waals surface area contributed by atoms with Crippen LogP contribution >= 0.6 is 0 Å². The number of ether oxygens (including phenoxy) is 1. The van der Waals surface area contributed by atoms with Gasteiger partial charge in [0.05, 0.1) is 19.3 Å². The third kappa shape index (κ3) is 4.92. The van der Waals surface area contributed by atoms with E-state index in [1.165, 1.54) is 38.6 Å². The molecule has 1 aliphatic heterocycles. The van der Waals surface area contributed by atoms with Crippen LogP contribution in [0.15, 0.2) is 11.2 Å². The summed E-state index contributed by atoms with van der Waals surface area (Å²) < 4.78 is 5.51. The number of nitrogens with zero attached hydrogens (tertiary/aromatic N) is 3. The second-order valence-electron chi connectivity index (χ2n) is 7.80. The number of pyridine rings is 1. The lowest BCUT2D eigenvalue weighted by Crippen LogP contribution is -2.45. The van der Waals surface area contributed by atoms with Crippen LogP contribution in [0.1, 0.15) is 55.8 Å². The van der Waals surface area contributed by atoms with Crippen LogP contribution in [0.2, 0.25) is 0 Å². The Morgan fingerprint density at radius 1 is 1.30 bits per heavy atom. The van der Waals surface area contributed by atoms with Gasteiger partial charge in [0.25, 0.3) is 0 Å². The van der Waals surface area contributed by atoms with Gasteiger partial charge in [0.15, 0.2) is 5.96 Å². The number of aryl methyl sites for hydroxylation is 1. The normalized spacial score (nSPS) is 21.6. The summed E-state index contributed by atoms with van der Waals surface area (Å²) in [4.78, 5) is 12.0. The molecule has 150 valence electrons. The highest BCUT2D eigenvalue weighted by molar-refractivity contribution is 5.80. The molecule has 1 aromatic heterocycles. The van der Waals surface area contributed by atoms with E-state index in [-0.39, 0.29) is 0 Å². The van der Waals surface area contributed by atoms with Crippen LogP contribution < -0.4 is 15.4 Å². The maximum absolute atomic E-state index is 5.51. The molecule has 6 heteroatoms. The largest absolute Gasteiger partial charge is 0.496 e. The van der Waals surface area contributed by atoms with Gasteiger partial charge in [-0.15, -0.1) is 0 Å². The summed E-state index contributed by atoms with van der Waals surface area (Å²) in [7, 11) is 1.71. The Kier molecular flexibility index (Phi) is 6.94. The van der Waals surface area contributed by atoms with Crippen molar-refractivity contribution in [3.05, 3.63) is 23.0 Å². The minimum Gasteiger partial charge on any atom is -0.496 e. The van der Waals surface area contributed by atoms with Crippen molar-refractivity contribution in [3.8, 4) is 5.75 Å². The van der Waals surface area contributed by atoms with Gasteiger partial charge in [-0.3, -0.25) is 9.88 Å². The molecule has 1 saturated heterocycles. The van der Waals surface area contributed by atoms with Gasteiger partial charge >= 0.3 is 0 Å². The maximum Gasteiger partial charge on any atom is 0.191 e. The monoisotopic (exact) mass is 373 g/mol. The van der Waals surface area contributed by atoms with Crippen molar-refractivity contribution < 1.29 is 4.74 Å². The van der Waals surface area contributed by atoms with E-state index in [2.05, 4.69) is 34.4 Å². The van der Waals surface area contributed by atoms with Crippen LogP contribution in [-0.4, -0.2) is 54.7 Å². The maximum atomic E-state index is 5.51. The van der Waals surface area contributed by atoms with E-state index >= 15 is 0 Å². The number of aliphatic imine (C=N–C) groups is 1. The molecule has 1 saturated carbocycles. The topological polar surface area (TPSA) is 61.8 Å². The van der Waals surface area contributed by atoms with Crippen molar-refractivity contribution in [1.82, 2.24) is 20.5 Å². The Labute approximate surface area is 163 Å². The summed E-state index contributed by atoms with van der Waals surface area (Å²) in [5.41, 5.74) is 3.10. The van der Waals surface area contributed by atoms with Gasteiger partial charge in [0.1, 0.15) is 5.75 Å². The summed E-state index contributed by atoms with van der Waals surface area (Å²) in [6, 6.07) is 1.29. The predicted molar refractivity (Wildman–Crippen MR) is 110 cm³/mol. The Balaban J connectivity index is 1.62. The van der Waals surface area contributed by atoms with Crippen molar-refractivity contribution in [3.63, 3.8) is 0 Å². The van der Waals surface area contributed by atoms with Crippen LogP contribution in [0.4, 0.5) is 0 Å². The fourth-order valence-corrected chi connectivity index (χ4v) is 4.40. The highest BCUT2D eigenvalue weighted by atomic mass is 16.5. The molecule has 0 spiro atoms. The minimum absolute atomic E-state index is 0.477. The molecule has 2 heterocycles. The summed E-state index contributed by atoms with van der Waals surface area (Å²) in [6.45, 7) is 9.93. The molecule has 6 nitrogen and oxygen atoms in total. The van der Waals surface area contributed by atoms with Crippen LogP contribution in [-0.2, 0) is 6.54 Å².